The van der Waals surface area contributed by atoms with Crippen LogP contribution in [0.4, 0.5) is 5.69 Å². The van der Waals surface area contributed by atoms with Gasteiger partial charge < -0.3 is 9.94 Å². The summed E-state index contributed by atoms with van der Waals surface area (Å²) < 4.78 is 0. The standard InChI is InChI=1S/C10H10N2O6/c1-6(13)18-11-9(10(14)15)7-2-4-8(5-3-7)12(16)17/h2-5,9,11H,1H3,(H,14,15). The predicted molar refractivity (Wildman–Crippen MR) is 58.4 cm³/mol. The molecule has 8 nitrogen and oxygen atoms in total. The number of hydrogen-bond acceptors (Lipinski definition) is 6. The first-order valence-electron chi connectivity index (χ1n) is 4.82. The second-order valence-electron chi connectivity index (χ2n) is 3.33. The molecule has 2 N–H and O–H groups in total. The van der Waals surface area contributed by atoms with Gasteiger partial charge in [-0.3, -0.25) is 19.7 Å². The molecule has 1 aromatic carbocycles. The highest BCUT2D eigenvalue weighted by molar-refractivity contribution is 5.76. The van der Waals surface area contributed by atoms with Crippen LogP contribution in [0.2, 0.25) is 0 Å². The van der Waals surface area contributed by atoms with Crippen molar-refractivity contribution in [3.63, 3.8) is 0 Å². The summed E-state index contributed by atoms with van der Waals surface area (Å²) in [5.41, 5.74) is 2.14. The Balaban J connectivity index is 2.89. The van der Waals surface area contributed by atoms with Crippen LogP contribution in [0.3, 0.4) is 0 Å². The monoisotopic (exact) mass is 254 g/mol. The fourth-order valence-corrected chi connectivity index (χ4v) is 1.19. The third-order valence-electron chi connectivity index (χ3n) is 2.00. The molecule has 0 radical (unpaired) electrons. The Morgan fingerprint density at radius 1 is 1.39 bits per heavy atom. The minimum atomic E-state index is -1.28. The van der Waals surface area contributed by atoms with E-state index in [2.05, 4.69) is 10.3 Å². The molecule has 0 aliphatic rings. The molecule has 8 heteroatoms. The molecule has 0 amide bonds. The van der Waals surface area contributed by atoms with Crippen molar-refractivity contribution in [1.82, 2.24) is 5.48 Å². The van der Waals surface area contributed by atoms with Crippen LogP contribution < -0.4 is 5.48 Å². The summed E-state index contributed by atoms with van der Waals surface area (Å²) >= 11 is 0. The second kappa shape index (κ2) is 5.73. The molecule has 96 valence electrons. The van der Waals surface area contributed by atoms with Crippen molar-refractivity contribution in [3.05, 3.63) is 39.9 Å². The van der Waals surface area contributed by atoms with E-state index in [0.717, 1.165) is 6.92 Å². The number of nitrogens with one attached hydrogen (secondary N) is 1. The summed E-state index contributed by atoms with van der Waals surface area (Å²) in [6.07, 6.45) is 0. The van der Waals surface area contributed by atoms with Gasteiger partial charge in [0.1, 0.15) is 0 Å². The second-order valence-corrected chi connectivity index (χ2v) is 3.33. The molecule has 1 unspecified atom stereocenters. The van der Waals surface area contributed by atoms with Crippen molar-refractivity contribution in [2.45, 2.75) is 13.0 Å². The van der Waals surface area contributed by atoms with E-state index < -0.39 is 22.9 Å². The van der Waals surface area contributed by atoms with Crippen molar-refractivity contribution in [3.8, 4) is 0 Å². The Morgan fingerprint density at radius 3 is 2.33 bits per heavy atom. The average Bonchev–Trinajstić information content (AvgIpc) is 2.29. The van der Waals surface area contributed by atoms with Crippen LogP contribution >= 0.6 is 0 Å². The largest absolute Gasteiger partial charge is 0.480 e. The number of nitrogens with zero attached hydrogens (tertiary/aromatic N) is 1. The molecule has 1 rings (SSSR count). The summed E-state index contributed by atoms with van der Waals surface area (Å²) in [7, 11) is 0. The fraction of sp³-hybridized carbons (Fsp3) is 0.200. The van der Waals surface area contributed by atoms with Gasteiger partial charge in [0.05, 0.1) is 4.92 Å². The van der Waals surface area contributed by atoms with Crippen molar-refractivity contribution < 1.29 is 24.5 Å². The van der Waals surface area contributed by atoms with Gasteiger partial charge in [0.2, 0.25) is 0 Å². The Bertz CT molecular complexity index is 470. The van der Waals surface area contributed by atoms with Gasteiger partial charge in [0.25, 0.3) is 5.69 Å². The van der Waals surface area contributed by atoms with Gasteiger partial charge in [0.15, 0.2) is 6.04 Å². The van der Waals surface area contributed by atoms with Gasteiger partial charge in [0, 0.05) is 19.1 Å². The number of carbonyl (C=O) groups excluding carboxylic acids is 1. The summed E-state index contributed by atoms with van der Waals surface area (Å²) in [4.78, 5) is 35.8. The van der Waals surface area contributed by atoms with Gasteiger partial charge in [-0.25, -0.2) is 0 Å². The zero-order valence-corrected chi connectivity index (χ0v) is 9.32. The number of carboxylic acids is 1. The van der Waals surface area contributed by atoms with Crippen LogP contribution in [-0.4, -0.2) is 22.0 Å². The SMILES string of the molecule is CC(=O)ONC(C(=O)O)c1ccc([N+](=O)[O-])cc1. The molecule has 18 heavy (non-hydrogen) atoms. The zero-order valence-electron chi connectivity index (χ0n) is 9.32. The van der Waals surface area contributed by atoms with Crippen LogP contribution in [0.5, 0.6) is 0 Å². The lowest BCUT2D eigenvalue weighted by atomic mass is 10.1. The van der Waals surface area contributed by atoms with Gasteiger partial charge in [-0.05, 0) is 17.7 Å². The lowest BCUT2D eigenvalue weighted by Gasteiger charge is -2.13. The quantitative estimate of drug-likeness (QED) is 0.588. The van der Waals surface area contributed by atoms with E-state index in [1.807, 2.05) is 0 Å². The summed E-state index contributed by atoms with van der Waals surface area (Å²) in [5, 5.41) is 19.4. The van der Waals surface area contributed by atoms with Crippen LogP contribution in [0, 0.1) is 10.1 Å². The van der Waals surface area contributed by atoms with E-state index in [4.69, 9.17) is 5.11 Å². The third-order valence-corrected chi connectivity index (χ3v) is 2.00. The molecule has 0 aliphatic carbocycles. The zero-order chi connectivity index (χ0) is 13.7. The van der Waals surface area contributed by atoms with Crippen molar-refractivity contribution in [1.29, 1.82) is 0 Å². The molecule has 1 atom stereocenters. The maximum atomic E-state index is 10.9. The van der Waals surface area contributed by atoms with E-state index in [1.54, 1.807) is 0 Å². The highest BCUT2D eigenvalue weighted by Gasteiger charge is 2.21. The molecule has 0 saturated heterocycles. The maximum Gasteiger partial charge on any atom is 0.328 e. The predicted octanol–water partition coefficient (Wildman–Crippen LogP) is 0.788. The summed E-state index contributed by atoms with van der Waals surface area (Å²) in [6.45, 7) is 1.11. The first-order valence-corrected chi connectivity index (χ1v) is 4.82. The average molecular weight is 254 g/mol. The third kappa shape index (κ3) is 3.52. The molecular weight excluding hydrogens is 244 g/mol. The minimum absolute atomic E-state index is 0.157. The molecule has 0 fully saturated rings. The van der Waals surface area contributed by atoms with Crippen molar-refractivity contribution in [2.24, 2.45) is 0 Å². The van der Waals surface area contributed by atoms with E-state index in [0.29, 0.717) is 0 Å². The van der Waals surface area contributed by atoms with Crippen molar-refractivity contribution >= 4 is 17.6 Å². The van der Waals surface area contributed by atoms with Gasteiger partial charge in [-0.15, -0.1) is 5.48 Å². The number of hydroxylamine groups is 1. The normalized spacial score (nSPS) is 11.6. The van der Waals surface area contributed by atoms with Gasteiger partial charge in [-0.2, -0.15) is 0 Å². The van der Waals surface area contributed by atoms with E-state index in [9.17, 15) is 19.7 Å². The smallest absolute Gasteiger partial charge is 0.328 e. The summed E-state index contributed by atoms with van der Waals surface area (Å²) in [6, 6.07) is 3.59. The lowest BCUT2D eigenvalue weighted by molar-refractivity contribution is -0.384. The number of hydrogen-bond donors (Lipinski definition) is 2. The number of aliphatic carboxylic acids is 1. The number of carboxylic acid groups (broad SMARTS) is 1. The van der Waals surface area contributed by atoms with Crippen LogP contribution in [-0.2, 0) is 14.4 Å². The molecule has 0 bridgehead atoms. The Labute approximate surface area is 101 Å². The number of carbonyl (C=O) groups is 2. The highest BCUT2D eigenvalue weighted by Crippen LogP contribution is 2.18. The first-order chi connectivity index (χ1) is 8.41. The number of rotatable bonds is 5. The molecule has 0 aliphatic heterocycles. The molecule has 0 saturated carbocycles. The van der Waals surface area contributed by atoms with Crippen molar-refractivity contribution in [2.75, 3.05) is 0 Å². The first kappa shape index (κ1) is 13.6. The lowest BCUT2D eigenvalue weighted by Crippen LogP contribution is -2.30. The number of benzene rings is 1. The number of nitro benzene ring substituents is 1. The van der Waals surface area contributed by atoms with Crippen LogP contribution in [0.15, 0.2) is 24.3 Å². The minimum Gasteiger partial charge on any atom is -0.480 e. The topological polar surface area (TPSA) is 119 Å². The highest BCUT2D eigenvalue weighted by atomic mass is 16.7. The van der Waals surface area contributed by atoms with Gasteiger partial charge in [-0.1, -0.05) is 0 Å². The Morgan fingerprint density at radius 2 is 1.94 bits per heavy atom. The van der Waals surface area contributed by atoms with Gasteiger partial charge >= 0.3 is 11.9 Å². The summed E-state index contributed by atoms with van der Waals surface area (Å²) in [5.74, 6) is -1.96. The molecule has 1 aromatic rings. The molecular formula is C10H10N2O6. The van der Waals surface area contributed by atoms with Crippen LogP contribution in [0.1, 0.15) is 18.5 Å². The van der Waals surface area contributed by atoms with E-state index in [-0.39, 0.29) is 11.3 Å². The maximum absolute atomic E-state index is 10.9. The Hall–Kier alpha value is -2.48. The fourth-order valence-electron chi connectivity index (χ4n) is 1.19. The van der Waals surface area contributed by atoms with E-state index in [1.165, 1.54) is 24.3 Å². The Kier molecular flexibility index (Phi) is 4.33. The van der Waals surface area contributed by atoms with Crippen LogP contribution in [0.25, 0.3) is 0 Å². The number of non-ortho nitro benzene ring substituents is 1. The number of nitro groups is 1. The molecule has 0 aromatic heterocycles. The van der Waals surface area contributed by atoms with E-state index >= 15 is 0 Å². The molecule has 0 heterocycles. The molecule has 0 spiro atoms.